The summed E-state index contributed by atoms with van der Waals surface area (Å²) < 4.78 is 1.85. The Labute approximate surface area is 129 Å². The number of hydrogen-bond acceptors (Lipinski definition) is 3. The van der Waals surface area contributed by atoms with Gasteiger partial charge in [0.15, 0.2) is 5.82 Å². The monoisotopic (exact) mass is 300 g/mol. The maximum atomic E-state index is 11.9. The van der Waals surface area contributed by atoms with E-state index in [4.69, 9.17) is 0 Å². The van der Waals surface area contributed by atoms with E-state index in [0.29, 0.717) is 11.4 Å². The molecule has 2 amide bonds. The van der Waals surface area contributed by atoms with Gasteiger partial charge in [-0.25, -0.2) is 0 Å². The molecule has 0 unspecified atom stereocenters. The molecule has 1 heterocycles. The largest absolute Gasteiger partial charge is 0.343 e. The van der Waals surface area contributed by atoms with E-state index in [0.717, 1.165) is 18.7 Å². The first-order valence-electron chi connectivity index (χ1n) is 7.27. The summed E-state index contributed by atoms with van der Waals surface area (Å²) in [6.45, 7) is 4.73. The molecule has 22 heavy (non-hydrogen) atoms. The summed E-state index contributed by atoms with van der Waals surface area (Å²) in [4.78, 5) is 23.7. The van der Waals surface area contributed by atoms with Crippen LogP contribution in [0.3, 0.4) is 0 Å². The van der Waals surface area contributed by atoms with Gasteiger partial charge in [0.05, 0.1) is 6.54 Å². The fraction of sp³-hybridized carbons (Fsp3) is 0.312. The standard InChI is InChI=1S/C16H20N4O2/c1-3-9-20-12(2)10-14(19-20)18-15(21)11-17-16(22)13-7-5-4-6-8-13/h4-8,10H,3,9,11H2,1-2H3,(H,17,22)(H,18,19,21). The van der Waals surface area contributed by atoms with Crippen LogP contribution in [-0.4, -0.2) is 28.1 Å². The third kappa shape index (κ3) is 4.18. The maximum absolute atomic E-state index is 11.9. The van der Waals surface area contributed by atoms with E-state index in [1.54, 1.807) is 24.3 Å². The molecular formula is C16H20N4O2. The lowest BCUT2D eigenvalue weighted by Crippen LogP contribution is -2.32. The molecular weight excluding hydrogens is 280 g/mol. The number of carbonyl (C=O) groups is 2. The van der Waals surface area contributed by atoms with E-state index in [1.807, 2.05) is 23.7 Å². The van der Waals surface area contributed by atoms with E-state index in [9.17, 15) is 9.59 Å². The van der Waals surface area contributed by atoms with Crippen LogP contribution in [0.5, 0.6) is 0 Å². The molecule has 0 bridgehead atoms. The number of amides is 2. The highest BCUT2D eigenvalue weighted by Crippen LogP contribution is 2.08. The van der Waals surface area contributed by atoms with Crippen molar-refractivity contribution in [1.29, 1.82) is 0 Å². The van der Waals surface area contributed by atoms with Gasteiger partial charge in [0.1, 0.15) is 0 Å². The number of carbonyl (C=O) groups excluding carboxylic acids is 2. The first kappa shape index (κ1) is 15.8. The first-order valence-corrected chi connectivity index (χ1v) is 7.27. The van der Waals surface area contributed by atoms with Gasteiger partial charge in [-0.05, 0) is 25.5 Å². The SMILES string of the molecule is CCCn1nc(NC(=O)CNC(=O)c2ccccc2)cc1C. The lowest BCUT2D eigenvalue weighted by Gasteiger charge is -2.05. The van der Waals surface area contributed by atoms with Crippen LogP contribution in [0.1, 0.15) is 29.4 Å². The van der Waals surface area contributed by atoms with Gasteiger partial charge in [-0.3, -0.25) is 14.3 Å². The normalized spacial score (nSPS) is 10.3. The topological polar surface area (TPSA) is 76.0 Å². The molecule has 0 spiro atoms. The molecule has 0 saturated carbocycles. The number of benzene rings is 1. The second kappa shape index (κ2) is 7.40. The summed E-state index contributed by atoms with van der Waals surface area (Å²) in [5.41, 5.74) is 1.52. The van der Waals surface area contributed by atoms with E-state index >= 15 is 0 Å². The summed E-state index contributed by atoms with van der Waals surface area (Å²) in [5.74, 6) is -0.0706. The third-order valence-corrected chi connectivity index (χ3v) is 3.13. The predicted molar refractivity (Wildman–Crippen MR) is 84.7 cm³/mol. The number of rotatable bonds is 6. The van der Waals surface area contributed by atoms with Crippen molar-refractivity contribution in [3.63, 3.8) is 0 Å². The van der Waals surface area contributed by atoms with Gasteiger partial charge in [0, 0.05) is 23.9 Å². The Kier molecular flexibility index (Phi) is 5.30. The van der Waals surface area contributed by atoms with E-state index in [1.165, 1.54) is 0 Å². The van der Waals surface area contributed by atoms with E-state index < -0.39 is 0 Å². The van der Waals surface area contributed by atoms with Crippen molar-refractivity contribution >= 4 is 17.6 Å². The fourth-order valence-corrected chi connectivity index (χ4v) is 2.05. The quantitative estimate of drug-likeness (QED) is 0.856. The lowest BCUT2D eigenvalue weighted by atomic mass is 10.2. The Balaban J connectivity index is 1.85. The maximum Gasteiger partial charge on any atom is 0.251 e. The molecule has 116 valence electrons. The van der Waals surface area contributed by atoms with E-state index in [2.05, 4.69) is 22.7 Å². The van der Waals surface area contributed by atoms with Crippen molar-refractivity contribution in [1.82, 2.24) is 15.1 Å². The van der Waals surface area contributed by atoms with Crippen molar-refractivity contribution < 1.29 is 9.59 Å². The number of aryl methyl sites for hydroxylation is 2. The molecule has 2 N–H and O–H groups in total. The second-order valence-electron chi connectivity index (χ2n) is 4.99. The Morgan fingerprint density at radius 1 is 1.23 bits per heavy atom. The van der Waals surface area contributed by atoms with Crippen LogP contribution in [0, 0.1) is 6.92 Å². The van der Waals surface area contributed by atoms with Gasteiger partial charge in [-0.2, -0.15) is 5.10 Å². The highest BCUT2D eigenvalue weighted by atomic mass is 16.2. The van der Waals surface area contributed by atoms with Crippen LogP contribution < -0.4 is 10.6 Å². The van der Waals surface area contributed by atoms with Crippen LogP contribution in [0.25, 0.3) is 0 Å². The minimum absolute atomic E-state index is 0.0899. The predicted octanol–water partition coefficient (Wildman–Crippen LogP) is 1.97. The van der Waals surface area contributed by atoms with Gasteiger partial charge < -0.3 is 10.6 Å². The van der Waals surface area contributed by atoms with Crippen LogP contribution in [-0.2, 0) is 11.3 Å². The number of anilines is 1. The molecule has 0 aliphatic carbocycles. The minimum Gasteiger partial charge on any atom is -0.343 e. The van der Waals surface area contributed by atoms with Crippen LogP contribution in [0.15, 0.2) is 36.4 Å². The van der Waals surface area contributed by atoms with Gasteiger partial charge in [-0.15, -0.1) is 0 Å². The van der Waals surface area contributed by atoms with Crippen LogP contribution in [0.4, 0.5) is 5.82 Å². The third-order valence-electron chi connectivity index (χ3n) is 3.13. The first-order chi connectivity index (χ1) is 10.6. The molecule has 2 rings (SSSR count). The number of nitrogens with zero attached hydrogens (tertiary/aromatic N) is 2. The molecule has 2 aromatic rings. The fourth-order valence-electron chi connectivity index (χ4n) is 2.05. The van der Waals surface area contributed by atoms with Crippen LogP contribution >= 0.6 is 0 Å². The summed E-state index contributed by atoms with van der Waals surface area (Å²) >= 11 is 0. The lowest BCUT2D eigenvalue weighted by molar-refractivity contribution is -0.115. The average Bonchev–Trinajstić information content (AvgIpc) is 2.86. The van der Waals surface area contributed by atoms with E-state index in [-0.39, 0.29) is 18.4 Å². The summed E-state index contributed by atoms with van der Waals surface area (Å²) in [6, 6.07) is 10.6. The molecule has 0 aliphatic rings. The molecule has 1 aromatic heterocycles. The zero-order valence-electron chi connectivity index (χ0n) is 12.8. The van der Waals surface area contributed by atoms with Crippen molar-refractivity contribution in [2.24, 2.45) is 0 Å². The molecule has 1 aromatic carbocycles. The van der Waals surface area contributed by atoms with Crippen molar-refractivity contribution in [2.75, 3.05) is 11.9 Å². The number of aromatic nitrogens is 2. The molecule has 0 radical (unpaired) electrons. The zero-order valence-corrected chi connectivity index (χ0v) is 12.8. The molecule has 0 atom stereocenters. The Hall–Kier alpha value is -2.63. The van der Waals surface area contributed by atoms with Gasteiger partial charge in [-0.1, -0.05) is 25.1 Å². The summed E-state index contributed by atoms with van der Waals surface area (Å²) in [7, 11) is 0. The molecule has 6 nitrogen and oxygen atoms in total. The molecule has 0 fully saturated rings. The molecule has 0 saturated heterocycles. The number of hydrogen-bond donors (Lipinski definition) is 2. The minimum atomic E-state index is -0.301. The van der Waals surface area contributed by atoms with Crippen LogP contribution in [0.2, 0.25) is 0 Å². The Morgan fingerprint density at radius 3 is 2.64 bits per heavy atom. The Bertz CT molecular complexity index is 649. The summed E-state index contributed by atoms with van der Waals surface area (Å²) in [6.07, 6.45) is 0.975. The Morgan fingerprint density at radius 2 is 1.95 bits per heavy atom. The van der Waals surface area contributed by atoms with Crippen molar-refractivity contribution in [2.45, 2.75) is 26.8 Å². The smallest absolute Gasteiger partial charge is 0.251 e. The summed E-state index contributed by atoms with van der Waals surface area (Å²) in [5, 5.41) is 9.56. The molecule has 0 aliphatic heterocycles. The van der Waals surface area contributed by atoms with Crippen molar-refractivity contribution in [3.8, 4) is 0 Å². The van der Waals surface area contributed by atoms with Crippen molar-refractivity contribution in [3.05, 3.63) is 47.7 Å². The highest BCUT2D eigenvalue weighted by Gasteiger charge is 2.10. The molecule has 6 heteroatoms. The van der Waals surface area contributed by atoms with Gasteiger partial charge in [0.2, 0.25) is 5.91 Å². The van der Waals surface area contributed by atoms with Gasteiger partial charge >= 0.3 is 0 Å². The average molecular weight is 300 g/mol. The zero-order chi connectivity index (χ0) is 15.9. The number of nitrogens with one attached hydrogen (secondary N) is 2. The highest BCUT2D eigenvalue weighted by molar-refractivity contribution is 5.98. The second-order valence-corrected chi connectivity index (χ2v) is 4.99. The van der Waals surface area contributed by atoms with Gasteiger partial charge in [0.25, 0.3) is 5.91 Å².